The van der Waals surface area contributed by atoms with E-state index in [0.29, 0.717) is 11.1 Å². The molecule has 5 nitrogen and oxygen atoms in total. The molecule has 0 fully saturated rings. The lowest BCUT2D eigenvalue weighted by Crippen LogP contribution is -2.01. The van der Waals surface area contributed by atoms with Crippen molar-refractivity contribution in [2.75, 3.05) is 0 Å². The van der Waals surface area contributed by atoms with Gasteiger partial charge in [-0.15, -0.1) is 0 Å². The molecule has 1 unspecified atom stereocenters. The van der Waals surface area contributed by atoms with Crippen LogP contribution in [0.15, 0.2) is 164 Å². The minimum atomic E-state index is -1.36. The first kappa shape index (κ1) is 28.1. The molecule has 0 aliphatic carbocycles. The predicted octanol–water partition coefficient (Wildman–Crippen LogP) is 11.3. The zero-order valence-electron chi connectivity index (χ0n) is 27.3. The third-order valence-electron chi connectivity index (χ3n) is 10.4. The van der Waals surface area contributed by atoms with Gasteiger partial charge in [0.2, 0.25) is 0 Å². The van der Waals surface area contributed by atoms with Gasteiger partial charge in [-0.1, -0.05) is 97.1 Å². The van der Waals surface area contributed by atoms with Gasteiger partial charge in [0.15, 0.2) is 6.17 Å². The smallest absolute Gasteiger partial charge is 0.150 e. The van der Waals surface area contributed by atoms with Crippen LogP contribution in [0.4, 0.5) is 4.39 Å². The van der Waals surface area contributed by atoms with Crippen molar-refractivity contribution in [2.45, 2.75) is 6.17 Å². The van der Waals surface area contributed by atoms with Gasteiger partial charge < -0.3 is 4.57 Å². The molecule has 0 saturated carbocycles. The molecule has 0 radical (unpaired) electrons. The summed E-state index contributed by atoms with van der Waals surface area (Å²) in [6, 6.07) is 49.6. The van der Waals surface area contributed by atoms with Gasteiger partial charge in [-0.3, -0.25) is 8.97 Å². The summed E-state index contributed by atoms with van der Waals surface area (Å²) >= 11 is 0. The number of imidazole rings is 1. The van der Waals surface area contributed by atoms with Gasteiger partial charge in [-0.2, -0.15) is 0 Å². The lowest BCUT2D eigenvalue weighted by atomic mass is 9.97. The van der Waals surface area contributed by atoms with Crippen LogP contribution in [0.5, 0.6) is 0 Å². The van der Waals surface area contributed by atoms with Crippen LogP contribution in [-0.2, 0) is 0 Å². The lowest BCUT2D eigenvalue weighted by Gasteiger charge is -2.14. The highest BCUT2D eigenvalue weighted by molar-refractivity contribution is 6.23. The van der Waals surface area contributed by atoms with E-state index in [-0.39, 0.29) is 0 Å². The third kappa shape index (κ3) is 3.96. The maximum atomic E-state index is 17.0. The Hall–Kier alpha value is -6.79. The van der Waals surface area contributed by atoms with Crippen LogP contribution in [0.2, 0.25) is 0 Å². The number of halogens is 1. The Morgan fingerprint density at radius 1 is 0.451 bits per heavy atom. The maximum absolute atomic E-state index is 17.0. The van der Waals surface area contributed by atoms with Crippen LogP contribution in [0.3, 0.4) is 0 Å². The van der Waals surface area contributed by atoms with Crippen molar-refractivity contribution in [2.24, 2.45) is 0 Å². The highest BCUT2D eigenvalue weighted by atomic mass is 19.1. The van der Waals surface area contributed by atoms with Crippen molar-refractivity contribution in [3.63, 3.8) is 0 Å². The monoisotopic (exact) mass is 657 g/mol. The summed E-state index contributed by atoms with van der Waals surface area (Å²) in [6.45, 7) is 0. The van der Waals surface area contributed by atoms with Gasteiger partial charge in [-0.25, -0.2) is 14.4 Å². The van der Waals surface area contributed by atoms with E-state index in [9.17, 15) is 0 Å². The number of hydrogen-bond acceptors (Lipinski definition) is 2. The molecule has 6 heteroatoms. The van der Waals surface area contributed by atoms with Gasteiger partial charge in [0.25, 0.3) is 0 Å². The van der Waals surface area contributed by atoms with Crippen molar-refractivity contribution in [3.05, 3.63) is 175 Å². The molecule has 240 valence electrons. The fraction of sp³-hybridized carbons (Fsp3) is 0.0222. The number of rotatable bonds is 4. The average Bonchev–Trinajstić information content (AvgIpc) is 3.91. The molecule has 0 aliphatic heterocycles. The molecule has 0 spiro atoms. The predicted molar refractivity (Wildman–Crippen MR) is 206 cm³/mol. The van der Waals surface area contributed by atoms with Crippen LogP contribution in [-0.4, -0.2) is 23.5 Å². The molecule has 0 amide bonds. The first-order valence-electron chi connectivity index (χ1n) is 17.1. The molecule has 0 aliphatic rings. The van der Waals surface area contributed by atoms with Crippen molar-refractivity contribution < 1.29 is 4.39 Å². The average molecular weight is 658 g/mol. The topological polar surface area (TPSA) is 40.0 Å². The first-order valence-corrected chi connectivity index (χ1v) is 17.1. The van der Waals surface area contributed by atoms with Gasteiger partial charge >= 0.3 is 0 Å². The highest BCUT2D eigenvalue weighted by Crippen LogP contribution is 2.43. The third-order valence-corrected chi connectivity index (χ3v) is 10.4. The van der Waals surface area contributed by atoms with Gasteiger partial charge in [-0.05, 0) is 65.0 Å². The molecule has 0 N–H and O–H groups in total. The maximum Gasteiger partial charge on any atom is 0.150 e. The number of alkyl halides is 1. The molecule has 6 aromatic carbocycles. The Morgan fingerprint density at radius 2 is 1.08 bits per heavy atom. The fourth-order valence-corrected chi connectivity index (χ4v) is 8.23. The lowest BCUT2D eigenvalue weighted by molar-refractivity contribution is 0.402. The second kappa shape index (κ2) is 10.6. The number of nitrogens with zero attached hydrogens (tertiary/aromatic N) is 5. The molecule has 0 bridgehead atoms. The van der Waals surface area contributed by atoms with Crippen LogP contribution in [0, 0.1) is 0 Å². The van der Waals surface area contributed by atoms with Crippen molar-refractivity contribution in [3.8, 4) is 11.5 Å². The van der Waals surface area contributed by atoms with E-state index in [4.69, 9.17) is 4.98 Å². The number of para-hydroxylation sites is 3. The molecular weight excluding hydrogens is 630 g/mol. The molecule has 0 saturated heterocycles. The van der Waals surface area contributed by atoms with E-state index in [1.54, 1.807) is 6.20 Å². The summed E-state index contributed by atoms with van der Waals surface area (Å²) in [4.78, 5) is 9.53. The van der Waals surface area contributed by atoms with Crippen LogP contribution >= 0.6 is 0 Å². The summed E-state index contributed by atoms with van der Waals surface area (Å²) in [5.74, 6) is 0.779. The largest absolute Gasteiger partial charge is 0.307 e. The van der Waals surface area contributed by atoms with Crippen LogP contribution in [0.1, 0.15) is 17.3 Å². The minimum absolute atomic E-state index is 0.585. The van der Waals surface area contributed by atoms with E-state index in [2.05, 4.69) is 97.4 Å². The zero-order chi connectivity index (χ0) is 33.6. The van der Waals surface area contributed by atoms with Gasteiger partial charge in [0.1, 0.15) is 11.5 Å². The molecule has 11 rings (SSSR count). The first-order chi connectivity index (χ1) is 25.2. The van der Waals surface area contributed by atoms with E-state index in [0.717, 1.165) is 77.1 Å². The van der Waals surface area contributed by atoms with Gasteiger partial charge in [0.05, 0.1) is 27.6 Å². The molecule has 1 atom stereocenters. The van der Waals surface area contributed by atoms with E-state index in [1.165, 1.54) is 5.39 Å². The number of pyridine rings is 2. The molecular formula is C45H28FN5. The SMILES string of the molecule is FC(c1ccc2c3ccccc3n3ccnc3c2c1)c1ccc2c3ccc4c5ccccc5n(-c5ccccc5)c4c3n(-c3ccccn3)c2c1. The quantitative estimate of drug-likeness (QED) is 0.177. The normalized spacial score (nSPS) is 12.7. The number of benzene rings is 6. The second-order valence-corrected chi connectivity index (χ2v) is 13.2. The fourth-order valence-electron chi connectivity index (χ4n) is 8.23. The number of hydrogen-bond donors (Lipinski definition) is 0. The summed E-state index contributed by atoms with van der Waals surface area (Å²) in [7, 11) is 0. The number of fused-ring (bicyclic) bond motifs is 13. The Morgan fingerprint density at radius 3 is 1.86 bits per heavy atom. The highest BCUT2D eigenvalue weighted by Gasteiger charge is 2.23. The summed E-state index contributed by atoms with van der Waals surface area (Å²) in [5, 5.41) is 7.56. The Balaban J connectivity index is 1.19. The Labute approximate surface area is 291 Å². The summed E-state index contributed by atoms with van der Waals surface area (Å²) in [5.41, 5.74) is 8.31. The molecule has 11 aromatic rings. The number of aromatic nitrogens is 5. The standard InChI is InChI=1S/C45H28FN5/c46-42(28-17-19-31-32-12-4-6-14-38(32)49-25-24-48-45(49)37(31)26-28)29-18-20-34-36-22-21-35-33-13-5-7-15-39(33)50(30-10-2-1-3-11-30)43(35)44(36)51(40(34)27-29)41-16-8-9-23-47-41/h1-27,42H. The van der Waals surface area contributed by atoms with Crippen molar-refractivity contribution in [1.29, 1.82) is 0 Å². The minimum Gasteiger partial charge on any atom is -0.307 e. The second-order valence-electron chi connectivity index (χ2n) is 13.2. The zero-order valence-corrected chi connectivity index (χ0v) is 27.3. The molecule has 5 aromatic heterocycles. The Bertz CT molecular complexity index is 3150. The van der Waals surface area contributed by atoms with Crippen molar-refractivity contribution >= 4 is 70.9 Å². The summed E-state index contributed by atoms with van der Waals surface area (Å²) in [6.07, 6.45) is 4.23. The molecule has 51 heavy (non-hydrogen) atoms. The van der Waals surface area contributed by atoms with E-state index in [1.807, 2.05) is 79.1 Å². The van der Waals surface area contributed by atoms with Crippen LogP contribution in [0.25, 0.3) is 82.4 Å². The Kier molecular flexibility index (Phi) is 5.84. The van der Waals surface area contributed by atoms with E-state index < -0.39 is 6.17 Å². The summed E-state index contributed by atoms with van der Waals surface area (Å²) < 4.78 is 23.6. The molecule has 5 heterocycles. The van der Waals surface area contributed by atoms with Crippen LogP contribution < -0.4 is 0 Å². The van der Waals surface area contributed by atoms with Gasteiger partial charge in [0, 0.05) is 56.6 Å². The van der Waals surface area contributed by atoms with Crippen molar-refractivity contribution in [1.82, 2.24) is 23.5 Å². The van der Waals surface area contributed by atoms with E-state index >= 15 is 4.39 Å².